The zero-order valence-corrected chi connectivity index (χ0v) is 13.2. The Kier molecular flexibility index (Phi) is 5.84. The number of nitrogens with one attached hydrogen (secondary N) is 1. The van der Waals surface area contributed by atoms with Gasteiger partial charge in [-0.1, -0.05) is 40.5 Å². The smallest absolute Gasteiger partial charge is 0.220 e. The van der Waals surface area contributed by atoms with E-state index >= 15 is 0 Å². The van der Waals surface area contributed by atoms with Gasteiger partial charge in [0, 0.05) is 13.0 Å². The first-order valence-electron chi connectivity index (χ1n) is 7.73. The van der Waals surface area contributed by atoms with Gasteiger partial charge in [-0.15, -0.1) is 0 Å². The van der Waals surface area contributed by atoms with E-state index in [-0.39, 0.29) is 11.3 Å². The average Bonchev–Trinajstić information content (AvgIpc) is 2.73. The molecule has 0 aromatic carbocycles. The van der Waals surface area contributed by atoms with Crippen molar-refractivity contribution in [3.63, 3.8) is 0 Å². The molecule has 3 heteroatoms. The van der Waals surface area contributed by atoms with Crippen LogP contribution < -0.4 is 11.1 Å². The minimum atomic E-state index is 0.183. The topological polar surface area (TPSA) is 55.1 Å². The molecule has 19 heavy (non-hydrogen) atoms. The Balaban J connectivity index is 2.31. The summed E-state index contributed by atoms with van der Waals surface area (Å²) in [5.41, 5.74) is 6.37. The summed E-state index contributed by atoms with van der Waals surface area (Å²) in [5.74, 6) is 0.633. The van der Waals surface area contributed by atoms with E-state index in [1.54, 1.807) is 0 Å². The van der Waals surface area contributed by atoms with Crippen LogP contribution in [0.4, 0.5) is 0 Å². The molecular weight excluding hydrogens is 236 g/mol. The lowest BCUT2D eigenvalue weighted by molar-refractivity contribution is -0.122. The van der Waals surface area contributed by atoms with Gasteiger partial charge in [0.05, 0.1) is 0 Å². The van der Waals surface area contributed by atoms with Crippen molar-refractivity contribution in [3.8, 4) is 0 Å². The SMILES string of the molecule is CC(CC(=O)NCC1(CN)CCCC1)CC(C)(C)C. The second-order valence-electron chi connectivity index (χ2n) is 7.76. The summed E-state index contributed by atoms with van der Waals surface area (Å²) in [6, 6.07) is 0. The van der Waals surface area contributed by atoms with Gasteiger partial charge in [0.25, 0.3) is 0 Å². The predicted octanol–water partition coefficient (Wildman–Crippen LogP) is 3.08. The molecule has 0 saturated heterocycles. The van der Waals surface area contributed by atoms with Crippen LogP contribution in [0.2, 0.25) is 0 Å². The maximum Gasteiger partial charge on any atom is 0.220 e. The van der Waals surface area contributed by atoms with E-state index < -0.39 is 0 Å². The van der Waals surface area contributed by atoms with Crippen molar-refractivity contribution in [2.45, 2.75) is 66.2 Å². The largest absolute Gasteiger partial charge is 0.355 e. The third-order valence-corrected chi connectivity index (χ3v) is 4.25. The minimum Gasteiger partial charge on any atom is -0.355 e. The first kappa shape index (κ1) is 16.5. The minimum absolute atomic E-state index is 0.183. The van der Waals surface area contributed by atoms with Gasteiger partial charge in [-0.3, -0.25) is 4.79 Å². The van der Waals surface area contributed by atoms with Crippen molar-refractivity contribution in [2.24, 2.45) is 22.5 Å². The molecule has 3 N–H and O–H groups in total. The van der Waals surface area contributed by atoms with E-state index in [0.717, 1.165) is 13.0 Å². The van der Waals surface area contributed by atoms with E-state index in [4.69, 9.17) is 5.73 Å². The fourth-order valence-corrected chi connectivity index (χ4v) is 3.37. The van der Waals surface area contributed by atoms with Crippen LogP contribution in [0.3, 0.4) is 0 Å². The number of carbonyl (C=O) groups is 1. The molecule has 1 saturated carbocycles. The lowest BCUT2D eigenvalue weighted by Gasteiger charge is -2.28. The molecule has 1 unspecified atom stereocenters. The summed E-state index contributed by atoms with van der Waals surface area (Å²) in [4.78, 5) is 12.0. The summed E-state index contributed by atoms with van der Waals surface area (Å²) in [6.07, 6.45) is 6.57. The molecule has 3 nitrogen and oxygen atoms in total. The van der Waals surface area contributed by atoms with Crippen molar-refractivity contribution >= 4 is 5.91 Å². The monoisotopic (exact) mass is 268 g/mol. The molecule has 0 aromatic heterocycles. The second-order valence-corrected chi connectivity index (χ2v) is 7.76. The van der Waals surface area contributed by atoms with Crippen LogP contribution in [0, 0.1) is 16.7 Å². The highest BCUT2D eigenvalue weighted by Gasteiger charge is 2.32. The molecule has 1 aliphatic rings. The van der Waals surface area contributed by atoms with Crippen LogP contribution >= 0.6 is 0 Å². The third kappa shape index (κ3) is 5.94. The van der Waals surface area contributed by atoms with Crippen LogP contribution in [0.5, 0.6) is 0 Å². The van der Waals surface area contributed by atoms with Crippen LogP contribution in [0.15, 0.2) is 0 Å². The van der Waals surface area contributed by atoms with Gasteiger partial charge in [0.2, 0.25) is 5.91 Å². The van der Waals surface area contributed by atoms with E-state index in [1.165, 1.54) is 25.7 Å². The molecule has 0 bridgehead atoms. The standard InChI is InChI=1S/C16H32N2O/c1-13(10-15(2,3)4)9-14(19)18-12-16(11-17)7-5-6-8-16/h13H,5-12,17H2,1-4H3,(H,18,19). The Morgan fingerprint density at radius 1 is 1.32 bits per heavy atom. The number of rotatable bonds is 6. The molecule has 0 aromatic rings. The molecule has 112 valence electrons. The van der Waals surface area contributed by atoms with Gasteiger partial charge in [-0.25, -0.2) is 0 Å². The zero-order valence-electron chi connectivity index (χ0n) is 13.2. The van der Waals surface area contributed by atoms with Gasteiger partial charge in [-0.2, -0.15) is 0 Å². The molecule has 1 atom stereocenters. The first-order valence-corrected chi connectivity index (χ1v) is 7.73. The molecule has 0 aliphatic heterocycles. The van der Waals surface area contributed by atoms with E-state index in [9.17, 15) is 4.79 Å². The van der Waals surface area contributed by atoms with Gasteiger partial charge in [0.15, 0.2) is 0 Å². The Morgan fingerprint density at radius 3 is 2.37 bits per heavy atom. The Labute approximate surface area is 118 Å². The quantitative estimate of drug-likeness (QED) is 0.778. The summed E-state index contributed by atoms with van der Waals surface area (Å²) in [6.45, 7) is 10.3. The summed E-state index contributed by atoms with van der Waals surface area (Å²) < 4.78 is 0. The fourth-order valence-electron chi connectivity index (χ4n) is 3.37. The van der Waals surface area contributed by atoms with E-state index in [0.29, 0.717) is 24.3 Å². The molecule has 1 aliphatic carbocycles. The normalized spacial score (nSPS) is 20.3. The van der Waals surface area contributed by atoms with Gasteiger partial charge in [-0.05, 0) is 42.6 Å². The number of carbonyl (C=O) groups excluding carboxylic acids is 1. The molecular formula is C16H32N2O. The molecule has 1 rings (SSSR count). The predicted molar refractivity (Wildman–Crippen MR) is 80.8 cm³/mol. The van der Waals surface area contributed by atoms with Crippen LogP contribution in [0.25, 0.3) is 0 Å². The summed E-state index contributed by atoms with van der Waals surface area (Å²) in [7, 11) is 0. The van der Waals surface area contributed by atoms with Crippen molar-refractivity contribution in [2.75, 3.05) is 13.1 Å². The van der Waals surface area contributed by atoms with Gasteiger partial charge < -0.3 is 11.1 Å². The molecule has 0 heterocycles. The molecule has 0 radical (unpaired) electrons. The van der Waals surface area contributed by atoms with Crippen molar-refractivity contribution in [3.05, 3.63) is 0 Å². The number of amides is 1. The number of hydrogen-bond donors (Lipinski definition) is 2. The number of nitrogens with two attached hydrogens (primary N) is 1. The maximum atomic E-state index is 12.0. The second kappa shape index (κ2) is 6.74. The van der Waals surface area contributed by atoms with Crippen LogP contribution in [0.1, 0.15) is 66.2 Å². The van der Waals surface area contributed by atoms with Crippen molar-refractivity contribution < 1.29 is 4.79 Å². The average molecular weight is 268 g/mol. The van der Waals surface area contributed by atoms with Gasteiger partial charge >= 0.3 is 0 Å². The van der Waals surface area contributed by atoms with Gasteiger partial charge in [0.1, 0.15) is 0 Å². The number of hydrogen-bond acceptors (Lipinski definition) is 2. The highest BCUT2D eigenvalue weighted by atomic mass is 16.1. The van der Waals surface area contributed by atoms with Crippen molar-refractivity contribution in [1.29, 1.82) is 0 Å². The Bertz CT molecular complexity index is 288. The van der Waals surface area contributed by atoms with Crippen LogP contribution in [-0.4, -0.2) is 19.0 Å². The van der Waals surface area contributed by atoms with E-state index in [1.807, 2.05) is 0 Å². The van der Waals surface area contributed by atoms with Crippen molar-refractivity contribution in [1.82, 2.24) is 5.32 Å². The highest BCUT2D eigenvalue weighted by molar-refractivity contribution is 5.76. The lowest BCUT2D eigenvalue weighted by atomic mass is 9.83. The maximum absolute atomic E-state index is 12.0. The third-order valence-electron chi connectivity index (χ3n) is 4.25. The van der Waals surface area contributed by atoms with Crippen LogP contribution in [-0.2, 0) is 4.79 Å². The molecule has 0 spiro atoms. The van der Waals surface area contributed by atoms with E-state index in [2.05, 4.69) is 33.0 Å². The fraction of sp³-hybridized carbons (Fsp3) is 0.938. The summed E-state index contributed by atoms with van der Waals surface area (Å²) in [5, 5.41) is 3.11. The Morgan fingerprint density at radius 2 is 1.89 bits per heavy atom. The first-order chi connectivity index (χ1) is 8.76. The Hall–Kier alpha value is -0.570. The highest BCUT2D eigenvalue weighted by Crippen LogP contribution is 2.36. The lowest BCUT2D eigenvalue weighted by Crippen LogP contribution is -2.41. The molecule has 1 fully saturated rings. The zero-order chi connectivity index (χ0) is 14.5. The summed E-state index contributed by atoms with van der Waals surface area (Å²) >= 11 is 0. The molecule has 1 amide bonds.